The summed E-state index contributed by atoms with van der Waals surface area (Å²) in [5.41, 5.74) is 3.80. The van der Waals surface area contributed by atoms with E-state index in [4.69, 9.17) is 10.6 Å². The van der Waals surface area contributed by atoms with Gasteiger partial charge in [0.2, 0.25) is 5.96 Å². The molecular weight excluding hydrogens is 266 g/mol. The Labute approximate surface area is 127 Å². The minimum atomic E-state index is 0.633. The molecule has 0 aliphatic heterocycles. The summed E-state index contributed by atoms with van der Waals surface area (Å²) in [6.45, 7) is 3.20. The summed E-state index contributed by atoms with van der Waals surface area (Å²) < 4.78 is 4.99. The molecule has 6 nitrogen and oxygen atoms in total. The standard InChI is InChI=1S/C15H27N5O/c1-20(14-8-4-3-5-9-14)12-6-10-17-15(19-16)18-11-7-13-21-2/h3-5,8-9H,6-7,10-13,16H2,1-2H3,(H2,17,18,19). The molecule has 0 bridgehead atoms. The third kappa shape index (κ3) is 7.53. The van der Waals surface area contributed by atoms with E-state index in [1.807, 2.05) is 18.2 Å². The highest BCUT2D eigenvalue weighted by Crippen LogP contribution is 2.10. The molecule has 1 rings (SSSR count). The van der Waals surface area contributed by atoms with E-state index in [1.54, 1.807) is 7.11 Å². The maximum atomic E-state index is 5.44. The number of rotatable bonds is 9. The van der Waals surface area contributed by atoms with Crippen molar-refractivity contribution in [2.75, 3.05) is 45.3 Å². The maximum Gasteiger partial charge on any atom is 0.205 e. The first kappa shape index (κ1) is 17.3. The molecule has 0 amide bonds. The van der Waals surface area contributed by atoms with Crippen LogP contribution in [0.3, 0.4) is 0 Å². The maximum absolute atomic E-state index is 5.44. The zero-order valence-corrected chi connectivity index (χ0v) is 13.0. The van der Waals surface area contributed by atoms with Crippen molar-refractivity contribution in [3.8, 4) is 0 Å². The fourth-order valence-electron chi connectivity index (χ4n) is 1.89. The summed E-state index contributed by atoms with van der Waals surface area (Å²) in [5, 5.41) is 3.14. The highest BCUT2D eigenvalue weighted by Gasteiger charge is 1.99. The number of methoxy groups -OCH3 is 1. The minimum Gasteiger partial charge on any atom is -0.385 e. The highest BCUT2D eigenvalue weighted by atomic mass is 16.5. The van der Waals surface area contributed by atoms with Crippen LogP contribution < -0.4 is 21.5 Å². The van der Waals surface area contributed by atoms with Crippen molar-refractivity contribution in [3.63, 3.8) is 0 Å². The number of ether oxygens (including phenoxy) is 1. The van der Waals surface area contributed by atoms with Gasteiger partial charge in [-0.2, -0.15) is 0 Å². The van der Waals surface area contributed by atoms with E-state index >= 15 is 0 Å². The molecule has 0 saturated carbocycles. The van der Waals surface area contributed by atoms with Gasteiger partial charge in [0.25, 0.3) is 0 Å². The van der Waals surface area contributed by atoms with Crippen molar-refractivity contribution in [1.29, 1.82) is 0 Å². The fraction of sp³-hybridized carbons (Fsp3) is 0.533. The van der Waals surface area contributed by atoms with Crippen molar-refractivity contribution >= 4 is 11.6 Å². The van der Waals surface area contributed by atoms with Crippen molar-refractivity contribution < 1.29 is 4.74 Å². The van der Waals surface area contributed by atoms with E-state index in [-0.39, 0.29) is 0 Å². The van der Waals surface area contributed by atoms with Gasteiger partial charge in [-0.05, 0) is 25.0 Å². The average Bonchev–Trinajstić information content (AvgIpc) is 2.54. The lowest BCUT2D eigenvalue weighted by Crippen LogP contribution is -2.42. The third-order valence-corrected chi connectivity index (χ3v) is 3.07. The molecule has 0 heterocycles. The Hall–Kier alpha value is -1.79. The Kier molecular flexibility index (Phi) is 8.99. The predicted octanol–water partition coefficient (Wildman–Crippen LogP) is 0.958. The van der Waals surface area contributed by atoms with Gasteiger partial charge >= 0.3 is 0 Å². The Balaban J connectivity index is 2.22. The monoisotopic (exact) mass is 293 g/mol. The van der Waals surface area contributed by atoms with Crippen LogP contribution in [0, 0.1) is 0 Å². The quantitative estimate of drug-likeness (QED) is 0.208. The normalized spacial score (nSPS) is 11.3. The number of hydrogen-bond acceptors (Lipinski definition) is 4. The molecule has 0 fully saturated rings. The second-order valence-electron chi connectivity index (χ2n) is 4.76. The Morgan fingerprint density at radius 3 is 2.71 bits per heavy atom. The molecule has 0 aliphatic rings. The topological polar surface area (TPSA) is 74.9 Å². The van der Waals surface area contributed by atoms with E-state index in [2.05, 4.69) is 39.8 Å². The Bertz CT molecular complexity index is 396. The van der Waals surface area contributed by atoms with Crippen molar-refractivity contribution in [3.05, 3.63) is 30.3 Å². The van der Waals surface area contributed by atoms with Gasteiger partial charge in [-0.3, -0.25) is 10.4 Å². The van der Waals surface area contributed by atoms with Crippen LogP contribution in [-0.4, -0.2) is 46.4 Å². The molecule has 0 aromatic heterocycles. The Morgan fingerprint density at radius 2 is 2.05 bits per heavy atom. The smallest absolute Gasteiger partial charge is 0.205 e. The number of nitrogens with zero attached hydrogens (tertiary/aromatic N) is 2. The van der Waals surface area contributed by atoms with Crippen molar-refractivity contribution in [2.45, 2.75) is 12.8 Å². The van der Waals surface area contributed by atoms with Crippen molar-refractivity contribution in [1.82, 2.24) is 10.7 Å². The molecule has 0 atom stereocenters. The van der Waals surface area contributed by atoms with Crippen LogP contribution >= 0.6 is 0 Å². The average molecular weight is 293 g/mol. The van der Waals surface area contributed by atoms with Gasteiger partial charge in [0.1, 0.15) is 0 Å². The number of anilines is 1. The lowest BCUT2D eigenvalue weighted by molar-refractivity contribution is 0.195. The number of benzene rings is 1. The number of nitrogens with one attached hydrogen (secondary N) is 2. The molecule has 1 aromatic carbocycles. The zero-order valence-electron chi connectivity index (χ0n) is 13.0. The first-order valence-electron chi connectivity index (χ1n) is 7.28. The van der Waals surface area contributed by atoms with Crippen LogP contribution in [0.2, 0.25) is 0 Å². The summed E-state index contributed by atoms with van der Waals surface area (Å²) in [6, 6.07) is 10.3. The summed E-state index contributed by atoms with van der Waals surface area (Å²) in [4.78, 5) is 6.63. The van der Waals surface area contributed by atoms with Gasteiger partial charge in [-0.25, -0.2) is 5.84 Å². The summed E-state index contributed by atoms with van der Waals surface area (Å²) in [5.74, 6) is 6.07. The molecule has 4 N–H and O–H groups in total. The molecule has 118 valence electrons. The number of hydrazine groups is 1. The molecule has 0 unspecified atom stereocenters. The van der Waals surface area contributed by atoms with Crippen LogP contribution in [0.5, 0.6) is 0 Å². The van der Waals surface area contributed by atoms with Gasteiger partial charge in [0, 0.05) is 46.1 Å². The summed E-state index contributed by atoms with van der Waals surface area (Å²) in [6.07, 6.45) is 1.89. The van der Waals surface area contributed by atoms with Crippen LogP contribution in [0.25, 0.3) is 0 Å². The van der Waals surface area contributed by atoms with E-state index in [9.17, 15) is 0 Å². The van der Waals surface area contributed by atoms with E-state index in [0.717, 1.165) is 39.1 Å². The van der Waals surface area contributed by atoms with Crippen molar-refractivity contribution in [2.24, 2.45) is 10.8 Å². The van der Waals surface area contributed by atoms with Gasteiger partial charge in [-0.15, -0.1) is 0 Å². The van der Waals surface area contributed by atoms with Gasteiger partial charge in [0.15, 0.2) is 0 Å². The molecular formula is C15H27N5O. The lowest BCUT2D eigenvalue weighted by atomic mass is 10.3. The van der Waals surface area contributed by atoms with Crippen LogP contribution in [0.1, 0.15) is 12.8 Å². The van der Waals surface area contributed by atoms with E-state index in [1.165, 1.54) is 5.69 Å². The SMILES string of the molecule is COCCCNC(=NCCCN(C)c1ccccc1)NN. The second-order valence-corrected chi connectivity index (χ2v) is 4.76. The number of para-hydroxylation sites is 1. The third-order valence-electron chi connectivity index (χ3n) is 3.07. The van der Waals surface area contributed by atoms with Crippen LogP contribution in [0.15, 0.2) is 35.3 Å². The largest absolute Gasteiger partial charge is 0.385 e. The second kappa shape index (κ2) is 10.9. The van der Waals surface area contributed by atoms with Gasteiger partial charge in [-0.1, -0.05) is 18.2 Å². The number of aliphatic imine (C=N–C) groups is 1. The van der Waals surface area contributed by atoms with Crippen LogP contribution in [-0.2, 0) is 4.74 Å². The Morgan fingerprint density at radius 1 is 1.29 bits per heavy atom. The molecule has 21 heavy (non-hydrogen) atoms. The van der Waals surface area contributed by atoms with Gasteiger partial charge < -0.3 is 15.0 Å². The highest BCUT2D eigenvalue weighted by molar-refractivity contribution is 5.79. The fourth-order valence-corrected chi connectivity index (χ4v) is 1.89. The number of guanidine groups is 1. The van der Waals surface area contributed by atoms with E-state index in [0.29, 0.717) is 5.96 Å². The molecule has 0 radical (unpaired) electrons. The predicted molar refractivity (Wildman–Crippen MR) is 88.4 cm³/mol. The number of hydrogen-bond donors (Lipinski definition) is 3. The van der Waals surface area contributed by atoms with Crippen LogP contribution in [0.4, 0.5) is 5.69 Å². The molecule has 6 heteroatoms. The summed E-state index contributed by atoms with van der Waals surface area (Å²) >= 11 is 0. The molecule has 0 saturated heterocycles. The minimum absolute atomic E-state index is 0.633. The lowest BCUT2D eigenvalue weighted by Gasteiger charge is -2.18. The first-order chi connectivity index (χ1) is 10.3. The molecule has 0 aliphatic carbocycles. The van der Waals surface area contributed by atoms with Gasteiger partial charge in [0.05, 0.1) is 0 Å². The zero-order chi connectivity index (χ0) is 15.3. The van der Waals surface area contributed by atoms with E-state index < -0.39 is 0 Å². The first-order valence-corrected chi connectivity index (χ1v) is 7.28. The number of nitrogens with two attached hydrogens (primary N) is 1. The molecule has 0 spiro atoms. The molecule has 1 aromatic rings. The summed E-state index contributed by atoms with van der Waals surface area (Å²) in [7, 11) is 3.78.